The van der Waals surface area contributed by atoms with E-state index in [0.29, 0.717) is 75.2 Å². The van der Waals surface area contributed by atoms with Crippen LogP contribution in [0.4, 0.5) is 0 Å². The monoisotopic (exact) mass is 582 g/mol. The highest BCUT2D eigenvalue weighted by molar-refractivity contribution is 9.10. The lowest BCUT2D eigenvalue weighted by Gasteiger charge is -2.33. The van der Waals surface area contributed by atoms with E-state index in [1.54, 1.807) is 30.3 Å². The van der Waals surface area contributed by atoms with Crippen LogP contribution >= 0.6 is 39.1 Å². The summed E-state index contributed by atoms with van der Waals surface area (Å²) >= 11 is 16.1. The molecule has 0 spiro atoms. The number of carbonyl (C=O) groups is 1. The molecule has 2 aromatic carbocycles. The van der Waals surface area contributed by atoms with Crippen molar-refractivity contribution in [3.8, 4) is 17.1 Å². The highest BCUT2D eigenvalue weighted by Crippen LogP contribution is 2.35. The van der Waals surface area contributed by atoms with Crippen molar-refractivity contribution in [2.24, 2.45) is 5.92 Å². The Morgan fingerprint density at radius 2 is 1.91 bits per heavy atom. The number of fused-ring (bicyclic) bond motifs is 1. The molecule has 1 aliphatic carbocycles. The number of rotatable bonds is 10. The van der Waals surface area contributed by atoms with Crippen LogP contribution in [-0.2, 0) is 14.3 Å². The van der Waals surface area contributed by atoms with Gasteiger partial charge in [0, 0.05) is 16.1 Å². The first-order valence-corrected chi connectivity index (χ1v) is 13.0. The van der Waals surface area contributed by atoms with Crippen LogP contribution in [0, 0.1) is 5.92 Å². The van der Waals surface area contributed by atoms with Gasteiger partial charge < -0.3 is 18.6 Å². The van der Waals surface area contributed by atoms with Crippen molar-refractivity contribution >= 4 is 56.1 Å². The molecule has 1 heterocycles. The second-order valence-corrected chi connectivity index (χ2v) is 10.0. The molecule has 0 amide bonds. The van der Waals surface area contributed by atoms with Crippen molar-refractivity contribution in [1.29, 1.82) is 0 Å². The largest absolute Gasteiger partial charge is 0.490 e. The lowest BCUT2D eigenvalue weighted by Crippen LogP contribution is -2.38. The third-order valence-electron chi connectivity index (χ3n) is 5.87. The van der Waals surface area contributed by atoms with E-state index in [1.165, 1.54) is 6.07 Å². The van der Waals surface area contributed by atoms with Gasteiger partial charge in [0.1, 0.15) is 18.1 Å². The number of carbonyl (C=O) groups excluding carboxylic acids is 1. The Kier molecular flexibility index (Phi) is 8.76. The van der Waals surface area contributed by atoms with Crippen LogP contribution in [0.2, 0.25) is 10.0 Å². The molecular weight excluding hydrogens is 559 g/mol. The van der Waals surface area contributed by atoms with Crippen LogP contribution in [0.3, 0.4) is 0 Å². The summed E-state index contributed by atoms with van der Waals surface area (Å²) in [6.07, 6.45) is 3.30. The van der Waals surface area contributed by atoms with Crippen LogP contribution in [0.1, 0.15) is 32.6 Å². The van der Waals surface area contributed by atoms with E-state index < -0.39 is 0 Å². The Bertz CT molecular complexity index is 1270. The molecule has 0 aliphatic heterocycles. The van der Waals surface area contributed by atoms with E-state index in [-0.39, 0.29) is 23.4 Å². The van der Waals surface area contributed by atoms with Gasteiger partial charge in [-0.15, -0.1) is 0 Å². The maximum Gasteiger partial charge on any atom is 0.309 e. The lowest BCUT2D eigenvalue weighted by atomic mass is 9.82. The van der Waals surface area contributed by atoms with Gasteiger partial charge in [0.2, 0.25) is 0 Å². The first-order valence-electron chi connectivity index (χ1n) is 11.5. The minimum Gasteiger partial charge on any atom is -0.490 e. The zero-order chi connectivity index (χ0) is 24.9. The van der Waals surface area contributed by atoms with Crippen LogP contribution in [0.25, 0.3) is 22.3 Å². The summed E-state index contributed by atoms with van der Waals surface area (Å²) in [7, 11) is 0. The van der Waals surface area contributed by atoms with Gasteiger partial charge >= 0.3 is 5.97 Å². The number of halogens is 3. The maximum absolute atomic E-state index is 12.5. The standard InChI is InChI=1S/C26H25BrCl2O6/c1-2-3-8-34-26(31)16-11-17(12-16)32-9-10-33-22-7-4-15(13-20(22)28)23-14-21(30)18-5-6-19(27)24(29)25(18)35-23/h4-7,13-14,16-17H,2-3,8-12H2,1H3. The molecule has 3 aromatic rings. The predicted molar refractivity (Wildman–Crippen MR) is 139 cm³/mol. The van der Waals surface area contributed by atoms with Gasteiger partial charge in [-0.1, -0.05) is 36.5 Å². The third-order valence-corrected chi connectivity index (χ3v) is 7.43. The Morgan fingerprint density at radius 3 is 2.66 bits per heavy atom. The number of esters is 1. The fourth-order valence-corrected chi connectivity index (χ4v) is 4.52. The minimum absolute atomic E-state index is 0.0443. The SMILES string of the molecule is CCCCOC(=O)C1CC(OCCOc2ccc(-c3cc(=O)c4ccc(Br)c(Cl)c4o3)cc2Cl)C1. The van der Waals surface area contributed by atoms with Crippen molar-refractivity contribution in [3.63, 3.8) is 0 Å². The van der Waals surface area contributed by atoms with E-state index in [2.05, 4.69) is 22.9 Å². The van der Waals surface area contributed by atoms with Gasteiger partial charge in [-0.25, -0.2) is 0 Å². The Morgan fingerprint density at radius 1 is 1.11 bits per heavy atom. The number of benzene rings is 2. The van der Waals surface area contributed by atoms with Gasteiger partial charge in [-0.05, 0) is 65.5 Å². The number of unbranched alkanes of at least 4 members (excludes halogenated alkanes) is 1. The average Bonchev–Trinajstić information content (AvgIpc) is 2.81. The molecule has 0 bridgehead atoms. The second-order valence-electron chi connectivity index (χ2n) is 8.39. The normalized spacial score (nSPS) is 17.3. The highest BCUT2D eigenvalue weighted by Gasteiger charge is 2.36. The molecule has 4 rings (SSSR count). The summed E-state index contributed by atoms with van der Waals surface area (Å²) < 4.78 is 23.3. The molecule has 0 saturated heterocycles. The summed E-state index contributed by atoms with van der Waals surface area (Å²) in [4.78, 5) is 24.4. The molecule has 1 saturated carbocycles. The predicted octanol–water partition coefficient (Wildman–Crippen LogP) is 7.05. The summed E-state index contributed by atoms with van der Waals surface area (Å²) in [5, 5.41) is 1.11. The van der Waals surface area contributed by atoms with Crippen LogP contribution < -0.4 is 10.2 Å². The van der Waals surface area contributed by atoms with E-state index in [9.17, 15) is 9.59 Å². The average molecular weight is 584 g/mol. The van der Waals surface area contributed by atoms with Crippen molar-refractivity contribution in [2.75, 3.05) is 19.8 Å². The molecular formula is C26H25BrCl2O6. The Hall–Kier alpha value is -2.06. The van der Waals surface area contributed by atoms with E-state index in [0.717, 1.165) is 12.8 Å². The molecule has 0 radical (unpaired) electrons. The highest BCUT2D eigenvalue weighted by atomic mass is 79.9. The van der Waals surface area contributed by atoms with Crippen LogP contribution in [-0.4, -0.2) is 31.9 Å². The molecule has 1 aliphatic rings. The van der Waals surface area contributed by atoms with E-state index in [1.807, 2.05) is 0 Å². The van der Waals surface area contributed by atoms with Gasteiger partial charge in [-0.3, -0.25) is 9.59 Å². The van der Waals surface area contributed by atoms with E-state index >= 15 is 0 Å². The molecule has 35 heavy (non-hydrogen) atoms. The Labute approximate surface area is 221 Å². The first kappa shape index (κ1) is 26.0. The quantitative estimate of drug-likeness (QED) is 0.188. The topological polar surface area (TPSA) is 75.0 Å². The molecule has 186 valence electrons. The molecule has 1 fully saturated rings. The smallest absolute Gasteiger partial charge is 0.309 e. The first-order chi connectivity index (χ1) is 16.9. The number of hydrogen-bond acceptors (Lipinski definition) is 6. The van der Waals surface area contributed by atoms with Crippen molar-refractivity contribution in [1.82, 2.24) is 0 Å². The summed E-state index contributed by atoms with van der Waals surface area (Å²) in [5.41, 5.74) is 0.737. The number of hydrogen-bond donors (Lipinski definition) is 0. The zero-order valence-corrected chi connectivity index (χ0v) is 22.2. The summed E-state index contributed by atoms with van der Waals surface area (Å²) in [6.45, 7) is 3.25. The van der Waals surface area contributed by atoms with Crippen LogP contribution in [0.15, 0.2) is 50.1 Å². The van der Waals surface area contributed by atoms with Crippen LogP contribution in [0.5, 0.6) is 5.75 Å². The van der Waals surface area contributed by atoms with Crippen molar-refractivity contribution < 1.29 is 23.4 Å². The third kappa shape index (κ3) is 6.20. The lowest BCUT2D eigenvalue weighted by molar-refractivity contribution is -0.158. The zero-order valence-electron chi connectivity index (χ0n) is 19.2. The fourth-order valence-electron chi connectivity index (χ4n) is 3.77. The molecule has 9 heteroatoms. The molecule has 1 aromatic heterocycles. The van der Waals surface area contributed by atoms with Gasteiger partial charge in [0.25, 0.3) is 0 Å². The van der Waals surface area contributed by atoms with E-state index in [4.69, 9.17) is 41.8 Å². The van der Waals surface area contributed by atoms with Gasteiger partial charge in [0.15, 0.2) is 11.0 Å². The summed E-state index contributed by atoms with van der Waals surface area (Å²) in [6, 6.07) is 9.94. The van der Waals surface area contributed by atoms with Gasteiger partial charge in [-0.2, -0.15) is 0 Å². The van der Waals surface area contributed by atoms with Crippen molar-refractivity contribution in [3.05, 3.63) is 61.1 Å². The summed E-state index contributed by atoms with van der Waals surface area (Å²) in [5.74, 6) is 0.658. The molecule has 0 N–H and O–H groups in total. The Balaban J connectivity index is 1.29. The minimum atomic E-state index is -0.197. The fraction of sp³-hybridized carbons (Fsp3) is 0.385. The number of ether oxygens (including phenoxy) is 3. The van der Waals surface area contributed by atoms with Crippen molar-refractivity contribution in [2.45, 2.75) is 38.7 Å². The molecule has 0 atom stereocenters. The molecule has 6 nitrogen and oxygen atoms in total. The maximum atomic E-state index is 12.5. The van der Waals surface area contributed by atoms with Gasteiger partial charge in [0.05, 0.1) is 40.7 Å². The second kappa shape index (κ2) is 11.8. The molecule has 0 unspecified atom stereocenters.